The van der Waals surface area contributed by atoms with E-state index in [0.717, 1.165) is 0 Å². The first kappa shape index (κ1) is 14.8. The van der Waals surface area contributed by atoms with E-state index in [0.29, 0.717) is 5.56 Å². The lowest BCUT2D eigenvalue weighted by Gasteiger charge is -2.09. The maximum atomic E-state index is 12.0. The largest absolute Gasteiger partial charge is 0.506 e. The molecule has 8 heteroatoms. The van der Waals surface area contributed by atoms with Crippen LogP contribution in [0.2, 0.25) is 0 Å². The zero-order chi connectivity index (χ0) is 15.5. The molecule has 0 bridgehead atoms. The molecule has 110 valence electrons. The van der Waals surface area contributed by atoms with Crippen molar-refractivity contribution >= 4 is 21.4 Å². The number of hydrogen-bond donors (Lipinski definition) is 2. The third-order valence-corrected chi connectivity index (χ3v) is 3.92. The summed E-state index contributed by atoms with van der Waals surface area (Å²) in [4.78, 5) is 9.97. The van der Waals surface area contributed by atoms with Gasteiger partial charge in [-0.2, -0.15) is 0 Å². The number of anilines is 1. The number of aromatic hydroxyl groups is 1. The fourth-order valence-corrected chi connectivity index (χ4v) is 2.91. The lowest BCUT2D eigenvalue weighted by atomic mass is 10.2. The molecule has 0 spiro atoms. The van der Waals surface area contributed by atoms with Crippen LogP contribution in [0.1, 0.15) is 5.56 Å². The Balaban J connectivity index is 2.14. The molecule has 0 radical (unpaired) electrons. The van der Waals surface area contributed by atoms with Gasteiger partial charge in [-0.25, -0.2) is 8.42 Å². The fraction of sp³-hybridized carbons (Fsp3) is 0.0769. The van der Waals surface area contributed by atoms with Gasteiger partial charge in [-0.3, -0.25) is 14.8 Å². The molecule has 2 rings (SSSR count). The molecule has 2 N–H and O–H groups in total. The second kappa shape index (κ2) is 5.80. The summed E-state index contributed by atoms with van der Waals surface area (Å²) in [6, 6.07) is 11.2. The lowest BCUT2D eigenvalue weighted by Crippen LogP contribution is -2.15. The molecule has 0 aliphatic rings. The van der Waals surface area contributed by atoms with Gasteiger partial charge in [-0.1, -0.05) is 24.3 Å². The highest BCUT2D eigenvalue weighted by Gasteiger charge is 2.14. The monoisotopic (exact) mass is 308 g/mol. The summed E-state index contributed by atoms with van der Waals surface area (Å²) in [5.74, 6) is -0.524. The summed E-state index contributed by atoms with van der Waals surface area (Å²) >= 11 is 0. The second-order valence-electron chi connectivity index (χ2n) is 4.30. The maximum Gasteiger partial charge on any atom is 0.269 e. The number of rotatable bonds is 5. The number of benzene rings is 2. The van der Waals surface area contributed by atoms with Crippen molar-refractivity contribution in [3.63, 3.8) is 0 Å². The van der Waals surface area contributed by atoms with Gasteiger partial charge < -0.3 is 5.11 Å². The van der Waals surface area contributed by atoms with Gasteiger partial charge in [0.05, 0.1) is 16.4 Å². The summed E-state index contributed by atoms with van der Waals surface area (Å²) in [5.41, 5.74) is 0.382. The molecular weight excluding hydrogens is 296 g/mol. The van der Waals surface area contributed by atoms with E-state index in [-0.39, 0.29) is 22.9 Å². The van der Waals surface area contributed by atoms with Gasteiger partial charge in [0.2, 0.25) is 10.0 Å². The molecule has 0 saturated heterocycles. The van der Waals surface area contributed by atoms with Crippen LogP contribution >= 0.6 is 0 Å². The van der Waals surface area contributed by atoms with Crippen molar-refractivity contribution in [3.8, 4) is 5.75 Å². The normalized spacial score (nSPS) is 11.0. The van der Waals surface area contributed by atoms with E-state index >= 15 is 0 Å². The number of hydrogen-bond acceptors (Lipinski definition) is 5. The number of phenols is 1. The van der Waals surface area contributed by atoms with Crippen molar-refractivity contribution in [1.29, 1.82) is 0 Å². The molecule has 2 aromatic carbocycles. The Morgan fingerprint density at radius 2 is 1.71 bits per heavy atom. The minimum absolute atomic E-state index is 0.0828. The van der Waals surface area contributed by atoms with Gasteiger partial charge in [-0.15, -0.1) is 0 Å². The fourth-order valence-electron chi connectivity index (χ4n) is 1.70. The van der Waals surface area contributed by atoms with Crippen molar-refractivity contribution in [2.75, 3.05) is 4.72 Å². The summed E-state index contributed by atoms with van der Waals surface area (Å²) in [5, 5.41) is 20.1. The molecule has 0 saturated carbocycles. The number of nitro benzene ring substituents is 1. The van der Waals surface area contributed by atoms with E-state index in [1.807, 2.05) is 0 Å². The van der Waals surface area contributed by atoms with Gasteiger partial charge in [0.25, 0.3) is 5.69 Å². The van der Waals surface area contributed by atoms with E-state index in [1.54, 1.807) is 12.1 Å². The zero-order valence-electron chi connectivity index (χ0n) is 10.8. The third kappa shape index (κ3) is 3.93. The Morgan fingerprint density at radius 3 is 2.29 bits per heavy atom. The number of nitro groups is 1. The first-order valence-corrected chi connectivity index (χ1v) is 7.54. The molecule has 0 unspecified atom stereocenters. The molecule has 0 aromatic heterocycles. The highest BCUT2D eigenvalue weighted by molar-refractivity contribution is 7.91. The minimum Gasteiger partial charge on any atom is -0.506 e. The smallest absolute Gasteiger partial charge is 0.269 e. The van der Waals surface area contributed by atoms with Crippen LogP contribution in [0, 0.1) is 10.1 Å². The van der Waals surface area contributed by atoms with Crippen LogP contribution in [0.5, 0.6) is 5.75 Å². The maximum absolute atomic E-state index is 12.0. The van der Waals surface area contributed by atoms with Gasteiger partial charge >= 0.3 is 0 Å². The molecular formula is C13H12N2O5S. The molecule has 0 aliphatic heterocycles. The van der Waals surface area contributed by atoms with E-state index in [2.05, 4.69) is 4.72 Å². The van der Waals surface area contributed by atoms with E-state index in [9.17, 15) is 23.6 Å². The van der Waals surface area contributed by atoms with Crippen molar-refractivity contribution < 1.29 is 18.4 Å². The molecule has 0 fully saturated rings. The summed E-state index contributed by atoms with van der Waals surface area (Å²) < 4.78 is 26.2. The summed E-state index contributed by atoms with van der Waals surface area (Å²) in [7, 11) is -3.72. The van der Waals surface area contributed by atoms with E-state index < -0.39 is 14.9 Å². The number of sulfonamides is 1. The number of nitrogens with zero attached hydrogens (tertiary/aromatic N) is 1. The van der Waals surface area contributed by atoms with E-state index in [4.69, 9.17) is 0 Å². The Bertz CT molecular complexity index is 756. The number of nitrogens with one attached hydrogen (secondary N) is 1. The Hall–Kier alpha value is -2.61. The molecule has 7 nitrogen and oxygen atoms in total. The molecule has 0 atom stereocenters. The minimum atomic E-state index is -3.72. The van der Waals surface area contributed by atoms with Gasteiger partial charge in [0, 0.05) is 12.1 Å². The topological polar surface area (TPSA) is 110 Å². The number of para-hydroxylation sites is 2. The Morgan fingerprint density at radius 1 is 1.10 bits per heavy atom. The van der Waals surface area contributed by atoms with Gasteiger partial charge in [-0.05, 0) is 17.7 Å². The average molecular weight is 308 g/mol. The standard InChI is InChI=1S/C13H12N2O5S/c16-13-4-2-1-3-12(13)14-21(19,20)9-10-5-7-11(8-6-10)15(17)18/h1-8,14,16H,9H2. The van der Waals surface area contributed by atoms with E-state index in [1.165, 1.54) is 36.4 Å². The van der Waals surface area contributed by atoms with Crippen LogP contribution in [-0.4, -0.2) is 18.4 Å². The van der Waals surface area contributed by atoms with Crippen molar-refractivity contribution in [1.82, 2.24) is 0 Å². The predicted octanol–water partition coefficient (Wildman–Crippen LogP) is 2.24. The predicted molar refractivity (Wildman–Crippen MR) is 77.4 cm³/mol. The van der Waals surface area contributed by atoms with Gasteiger partial charge in [0.1, 0.15) is 5.75 Å². The van der Waals surface area contributed by atoms with Gasteiger partial charge in [0.15, 0.2) is 0 Å². The molecule has 21 heavy (non-hydrogen) atoms. The number of non-ortho nitro benzene ring substituents is 1. The van der Waals surface area contributed by atoms with Crippen molar-refractivity contribution in [2.45, 2.75) is 5.75 Å². The molecule has 0 amide bonds. The highest BCUT2D eigenvalue weighted by atomic mass is 32.2. The molecule has 0 aliphatic carbocycles. The zero-order valence-corrected chi connectivity index (χ0v) is 11.6. The lowest BCUT2D eigenvalue weighted by molar-refractivity contribution is -0.384. The van der Waals surface area contributed by atoms with Crippen LogP contribution in [0.25, 0.3) is 0 Å². The summed E-state index contributed by atoms with van der Waals surface area (Å²) in [6.07, 6.45) is 0. The quantitative estimate of drug-likeness (QED) is 0.500. The third-order valence-electron chi connectivity index (χ3n) is 2.67. The first-order valence-electron chi connectivity index (χ1n) is 5.89. The Kier molecular flexibility index (Phi) is 4.08. The van der Waals surface area contributed by atoms with Crippen LogP contribution in [0.15, 0.2) is 48.5 Å². The average Bonchev–Trinajstić information content (AvgIpc) is 2.41. The van der Waals surface area contributed by atoms with Crippen LogP contribution in [-0.2, 0) is 15.8 Å². The highest BCUT2D eigenvalue weighted by Crippen LogP contribution is 2.23. The summed E-state index contributed by atoms with van der Waals surface area (Å²) in [6.45, 7) is 0. The molecule has 0 heterocycles. The SMILES string of the molecule is O=[N+]([O-])c1ccc(CS(=O)(=O)Nc2ccccc2O)cc1. The van der Waals surface area contributed by atoms with Crippen molar-refractivity contribution in [2.24, 2.45) is 0 Å². The second-order valence-corrected chi connectivity index (χ2v) is 6.02. The Labute approximate surface area is 121 Å². The van der Waals surface area contributed by atoms with Crippen LogP contribution in [0.3, 0.4) is 0 Å². The molecule has 2 aromatic rings. The number of phenolic OH excluding ortho intramolecular Hbond substituents is 1. The van der Waals surface area contributed by atoms with Crippen LogP contribution in [0.4, 0.5) is 11.4 Å². The first-order chi connectivity index (χ1) is 9.87. The van der Waals surface area contributed by atoms with Crippen LogP contribution < -0.4 is 4.72 Å². The van der Waals surface area contributed by atoms with Crippen molar-refractivity contribution in [3.05, 3.63) is 64.2 Å².